The highest BCUT2D eigenvalue weighted by molar-refractivity contribution is 6.38. The number of rotatable bonds is 32. The molecule has 81 heavy (non-hydrogen) atoms. The number of aryl methyl sites for hydroxylation is 3. The normalized spacial score (nSPS) is 16.9. The molecule has 3 aromatic carbocycles. The smallest absolute Gasteiger partial charge is 0.329 e. The number of esters is 2. The predicted octanol–water partition coefficient (Wildman–Crippen LogP) is 9.01. The zero-order chi connectivity index (χ0) is 58.5. The number of ketones is 4. The number of unbranched alkanes of at least 4 members (excludes halogenated alkanes) is 2. The highest BCUT2D eigenvalue weighted by Crippen LogP contribution is 2.33. The fourth-order valence-electron chi connectivity index (χ4n) is 10.1. The Balaban J connectivity index is 0.811. The van der Waals surface area contributed by atoms with E-state index in [4.69, 9.17) is 23.7 Å². The lowest BCUT2D eigenvalue weighted by Crippen LogP contribution is -2.53. The van der Waals surface area contributed by atoms with E-state index in [2.05, 4.69) is 23.5 Å². The molecule has 18 heteroatoms. The van der Waals surface area contributed by atoms with Crippen LogP contribution in [0.2, 0.25) is 0 Å². The van der Waals surface area contributed by atoms with Gasteiger partial charge in [0.2, 0.25) is 11.7 Å². The molecule has 2 aliphatic heterocycles. The second kappa shape index (κ2) is 31.5. The van der Waals surface area contributed by atoms with E-state index in [0.29, 0.717) is 134 Å². The number of fused-ring (bicyclic) bond motifs is 1. The van der Waals surface area contributed by atoms with Crippen LogP contribution in [0.15, 0.2) is 60.7 Å². The number of nitrogens with zero attached hydrogens (tertiary/aromatic N) is 2. The van der Waals surface area contributed by atoms with E-state index < -0.39 is 64.8 Å². The van der Waals surface area contributed by atoms with Crippen molar-refractivity contribution in [3.8, 4) is 0 Å². The standard InChI is InChI=1S/C63H81N3O15/c1-6-63(4,5)58(72)61(75)65-31-10-7-22-52(65)62(76)81-54(29-27-44-26-25-42(2)43(3)38-44)45-16-13-18-47(39-45)64-55(70)30-28-48(67)19-8-11-32-77-34-36-79-37-35-78-33-12-9-24-56(71)80-41-46-17-14-21-50-57(46)60(74)66(59(50)73)51-23-15-20-49(68)40-53(51)69/h13-14,16-18,21,25-26,38-39,51-52,54H,6-12,15,19-20,22-24,27-37,40-41H2,1-5H3,(H,64,70)/t51-,52-,54+/m0/s1. The van der Waals surface area contributed by atoms with Crippen LogP contribution in [0.25, 0.3) is 0 Å². The van der Waals surface area contributed by atoms with Gasteiger partial charge in [0.15, 0.2) is 5.78 Å². The van der Waals surface area contributed by atoms with E-state index in [1.165, 1.54) is 16.5 Å². The third-order valence-corrected chi connectivity index (χ3v) is 15.5. The molecule has 1 saturated heterocycles. The first-order valence-electron chi connectivity index (χ1n) is 28.8. The second-order valence-electron chi connectivity index (χ2n) is 22.0. The van der Waals surface area contributed by atoms with Crippen LogP contribution < -0.4 is 5.32 Å². The summed E-state index contributed by atoms with van der Waals surface area (Å²) < 4.78 is 28.5. The van der Waals surface area contributed by atoms with Crippen molar-refractivity contribution in [1.29, 1.82) is 0 Å². The van der Waals surface area contributed by atoms with Crippen molar-refractivity contribution in [3.63, 3.8) is 0 Å². The first-order valence-corrected chi connectivity index (χ1v) is 28.8. The summed E-state index contributed by atoms with van der Waals surface area (Å²) in [5, 5.41) is 2.90. The van der Waals surface area contributed by atoms with Crippen LogP contribution in [0.5, 0.6) is 0 Å². The number of amides is 4. The Hall–Kier alpha value is -6.76. The molecule has 0 bridgehead atoms. The summed E-state index contributed by atoms with van der Waals surface area (Å²) in [5.74, 6) is -4.40. The molecule has 0 spiro atoms. The van der Waals surface area contributed by atoms with Crippen LogP contribution in [0.4, 0.5) is 5.69 Å². The lowest BCUT2D eigenvalue weighted by molar-refractivity contribution is -0.164. The van der Waals surface area contributed by atoms with Crippen molar-refractivity contribution < 1.29 is 71.6 Å². The lowest BCUT2D eigenvalue weighted by atomic mass is 9.84. The van der Waals surface area contributed by atoms with Crippen LogP contribution >= 0.6 is 0 Å². The highest BCUT2D eigenvalue weighted by atomic mass is 16.6. The molecule has 438 valence electrons. The highest BCUT2D eigenvalue weighted by Gasteiger charge is 2.45. The van der Waals surface area contributed by atoms with Gasteiger partial charge >= 0.3 is 11.9 Å². The van der Waals surface area contributed by atoms with Gasteiger partial charge in [0, 0.05) is 68.5 Å². The molecule has 1 saturated carbocycles. The number of imide groups is 1. The van der Waals surface area contributed by atoms with Gasteiger partial charge in [0.05, 0.1) is 50.0 Å². The first-order chi connectivity index (χ1) is 38.9. The van der Waals surface area contributed by atoms with Gasteiger partial charge < -0.3 is 33.9 Å². The van der Waals surface area contributed by atoms with E-state index in [1.54, 1.807) is 44.2 Å². The Morgan fingerprint density at radius 2 is 1.43 bits per heavy atom. The van der Waals surface area contributed by atoms with Gasteiger partial charge in [-0.05, 0) is 131 Å². The molecule has 2 heterocycles. The molecule has 3 aromatic rings. The molecule has 3 atom stereocenters. The van der Waals surface area contributed by atoms with Crippen molar-refractivity contribution in [2.75, 3.05) is 51.5 Å². The molecule has 1 aliphatic carbocycles. The summed E-state index contributed by atoms with van der Waals surface area (Å²) in [4.78, 5) is 133. The molecule has 18 nitrogen and oxygen atoms in total. The summed E-state index contributed by atoms with van der Waals surface area (Å²) in [6, 6.07) is 16.2. The molecular weight excluding hydrogens is 1040 g/mol. The third-order valence-electron chi connectivity index (χ3n) is 15.5. The Bertz CT molecular complexity index is 2750. The second-order valence-corrected chi connectivity index (χ2v) is 22.0. The Kier molecular flexibility index (Phi) is 24.6. The van der Waals surface area contributed by atoms with Crippen molar-refractivity contribution in [2.24, 2.45) is 5.41 Å². The van der Waals surface area contributed by atoms with Gasteiger partial charge in [0.25, 0.3) is 17.7 Å². The molecule has 0 aromatic heterocycles. The van der Waals surface area contributed by atoms with E-state index >= 15 is 0 Å². The van der Waals surface area contributed by atoms with Crippen molar-refractivity contribution in [1.82, 2.24) is 9.80 Å². The Morgan fingerprint density at radius 3 is 2.15 bits per heavy atom. The lowest BCUT2D eigenvalue weighted by Gasteiger charge is -2.36. The number of Topliss-reactive ketones (excluding diaryl/α,β-unsaturated/α-hetero) is 4. The summed E-state index contributed by atoms with van der Waals surface area (Å²) in [6.45, 7) is 11.9. The molecule has 4 amide bonds. The molecule has 6 rings (SSSR count). The third kappa shape index (κ3) is 18.6. The van der Waals surface area contributed by atoms with Crippen molar-refractivity contribution >= 4 is 64.4 Å². The number of hydrogen-bond acceptors (Lipinski definition) is 15. The summed E-state index contributed by atoms with van der Waals surface area (Å²) in [7, 11) is 0. The fraction of sp³-hybridized carbons (Fsp3) is 0.556. The van der Waals surface area contributed by atoms with Crippen LogP contribution in [-0.4, -0.2) is 127 Å². The Morgan fingerprint density at radius 1 is 0.728 bits per heavy atom. The molecule has 2 fully saturated rings. The number of carbonyl (C=O) groups excluding carboxylic acids is 10. The average molecular weight is 1120 g/mol. The number of ether oxygens (including phenoxy) is 5. The SMILES string of the molecule is CCC(C)(C)C(=O)C(=O)N1CCCC[C@H]1C(=O)O[C@H](CCc1ccc(C)c(C)c1)c1cccc(NC(=O)CCC(=O)CCCCOCCOCCOCCCCC(=O)OCc2cccc3c2C(=O)N([C@H]2CCCC(=O)CC2=O)C3=O)c1. The minimum Gasteiger partial charge on any atom is -0.461 e. The van der Waals surface area contributed by atoms with E-state index in [9.17, 15) is 47.9 Å². The number of hydrogen-bond donors (Lipinski definition) is 1. The summed E-state index contributed by atoms with van der Waals surface area (Å²) in [5.41, 5.74) is 4.35. The number of piperidine rings is 1. The predicted molar refractivity (Wildman–Crippen MR) is 300 cm³/mol. The van der Waals surface area contributed by atoms with Gasteiger partial charge in [-0.1, -0.05) is 63.2 Å². The quantitative estimate of drug-likeness (QED) is 0.0153. The number of anilines is 1. The van der Waals surface area contributed by atoms with Gasteiger partial charge in [0.1, 0.15) is 30.3 Å². The molecule has 0 unspecified atom stereocenters. The van der Waals surface area contributed by atoms with E-state index in [1.807, 2.05) is 26.8 Å². The van der Waals surface area contributed by atoms with Gasteiger partial charge in [-0.15, -0.1) is 0 Å². The minimum atomic E-state index is -0.989. The number of nitrogens with one attached hydrogen (secondary N) is 1. The van der Waals surface area contributed by atoms with Crippen LogP contribution in [0.1, 0.15) is 185 Å². The van der Waals surface area contributed by atoms with Crippen LogP contribution in [0, 0.1) is 19.3 Å². The maximum atomic E-state index is 14.0. The summed E-state index contributed by atoms with van der Waals surface area (Å²) >= 11 is 0. The average Bonchev–Trinajstić information content (AvgIpc) is 3.87. The molecular formula is C63H81N3O15. The van der Waals surface area contributed by atoms with Gasteiger partial charge in [-0.3, -0.25) is 48.1 Å². The monoisotopic (exact) mass is 1120 g/mol. The number of likely N-dealkylation sites (tertiary alicyclic amines) is 1. The van der Waals surface area contributed by atoms with Crippen LogP contribution in [0.3, 0.4) is 0 Å². The van der Waals surface area contributed by atoms with Crippen LogP contribution in [-0.2, 0) is 75.1 Å². The zero-order valence-electron chi connectivity index (χ0n) is 47.9. The first kappa shape index (κ1) is 63.4. The maximum Gasteiger partial charge on any atom is 0.329 e. The Labute approximate surface area is 475 Å². The topological polar surface area (TPSA) is 235 Å². The zero-order valence-corrected chi connectivity index (χ0v) is 47.9. The van der Waals surface area contributed by atoms with Gasteiger partial charge in [-0.2, -0.15) is 0 Å². The van der Waals surface area contributed by atoms with E-state index in [0.717, 1.165) is 22.4 Å². The number of carbonyl (C=O) groups is 10. The largest absolute Gasteiger partial charge is 0.461 e. The van der Waals surface area contributed by atoms with Gasteiger partial charge in [-0.25, -0.2) is 4.79 Å². The van der Waals surface area contributed by atoms with E-state index in [-0.39, 0.29) is 73.7 Å². The molecule has 1 N–H and O–H groups in total. The number of benzene rings is 3. The molecule has 0 radical (unpaired) electrons. The fourth-order valence-corrected chi connectivity index (χ4v) is 10.1. The summed E-state index contributed by atoms with van der Waals surface area (Å²) in [6.07, 6.45) is 6.14. The minimum absolute atomic E-state index is 0.00605. The maximum absolute atomic E-state index is 14.0. The van der Waals surface area contributed by atoms with Crippen molar-refractivity contribution in [3.05, 3.63) is 99.6 Å². The van der Waals surface area contributed by atoms with Crippen molar-refractivity contribution in [2.45, 2.75) is 175 Å². The molecule has 3 aliphatic rings.